The van der Waals surface area contributed by atoms with Gasteiger partial charge in [0.25, 0.3) is 5.91 Å². The van der Waals surface area contributed by atoms with Gasteiger partial charge in [0.05, 0.1) is 0 Å². The largest absolute Gasteiger partial charge is 0.448 e. The molecule has 0 unspecified atom stereocenters. The molecule has 2 amide bonds. The zero-order valence-electron chi connectivity index (χ0n) is 11.0. The fourth-order valence-electron chi connectivity index (χ4n) is 1.46. The number of hydrogen-bond acceptors (Lipinski definition) is 5. The molecule has 0 aromatic rings. The first-order chi connectivity index (χ1) is 8.41. The second-order valence-electron chi connectivity index (χ2n) is 4.46. The number of nitrogens with zero attached hydrogens (tertiary/aromatic N) is 3. The fourth-order valence-corrected chi connectivity index (χ4v) is 1.46. The second-order valence-corrected chi connectivity index (χ2v) is 4.46. The topological polar surface area (TPSA) is 70.2 Å². The first-order valence-electron chi connectivity index (χ1n) is 5.76. The zero-order chi connectivity index (χ0) is 13.7. The van der Waals surface area contributed by atoms with Crippen LogP contribution < -0.4 is 0 Å². The van der Waals surface area contributed by atoms with Crippen LogP contribution >= 0.6 is 0 Å². The third-order valence-electron chi connectivity index (χ3n) is 2.79. The van der Waals surface area contributed by atoms with E-state index >= 15 is 0 Å². The van der Waals surface area contributed by atoms with E-state index in [1.807, 2.05) is 7.05 Å². The first-order valence-corrected chi connectivity index (χ1v) is 5.76. The van der Waals surface area contributed by atoms with Gasteiger partial charge in [-0.05, 0) is 7.05 Å². The van der Waals surface area contributed by atoms with Crippen LogP contribution in [0.25, 0.3) is 0 Å². The lowest BCUT2D eigenvalue weighted by Gasteiger charge is -2.31. The van der Waals surface area contributed by atoms with Gasteiger partial charge in [-0.1, -0.05) is 0 Å². The van der Waals surface area contributed by atoms with Crippen LogP contribution in [0.3, 0.4) is 0 Å². The maximum Gasteiger partial charge on any atom is 0.397 e. The van der Waals surface area contributed by atoms with Crippen molar-refractivity contribution < 1.29 is 19.1 Å². The Hall–Kier alpha value is -1.63. The van der Waals surface area contributed by atoms with E-state index in [1.54, 1.807) is 14.1 Å². The Labute approximate surface area is 106 Å². The smallest absolute Gasteiger partial charge is 0.397 e. The minimum atomic E-state index is -0.963. The van der Waals surface area contributed by atoms with Crippen molar-refractivity contribution >= 4 is 17.8 Å². The maximum atomic E-state index is 11.7. The number of esters is 1. The van der Waals surface area contributed by atoms with Gasteiger partial charge in [0.1, 0.15) is 0 Å². The predicted octanol–water partition coefficient (Wildman–Crippen LogP) is -1.61. The number of hydrogen-bond donors (Lipinski definition) is 0. The van der Waals surface area contributed by atoms with Crippen molar-refractivity contribution in [3.05, 3.63) is 0 Å². The van der Waals surface area contributed by atoms with Crippen molar-refractivity contribution in [2.24, 2.45) is 0 Å². The molecule has 0 N–H and O–H groups in total. The van der Waals surface area contributed by atoms with Crippen molar-refractivity contribution in [3.63, 3.8) is 0 Å². The number of carbonyl (C=O) groups excluding carboxylic acids is 3. The van der Waals surface area contributed by atoms with Gasteiger partial charge in [-0.3, -0.25) is 9.59 Å². The molecule has 0 saturated carbocycles. The highest BCUT2D eigenvalue weighted by atomic mass is 16.5. The molecule has 7 heteroatoms. The van der Waals surface area contributed by atoms with E-state index in [0.29, 0.717) is 13.1 Å². The van der Waals surface area contributed by atoms with Crippen molar-refractivity contribution in [1.82, 2.24) is 14.7 Å². The van der Waals surface area contributed by atoms with Crippen molar-refractivity contribution in [3.8, 4) is 0 Å². The van der Waals surface area contributed by atoms with E-state index < -0.39 is 18.5 Å². The third kappa shape index (κ3) is 3.99. The average molecular weight is 257 g/mol. The Balaban J connectivity index is 2.37. The van der Waals surface area contributed by atoms with E-state index in [1.165, 1.54) is 9.80 Å². The van der Waals surface area contributed by atoms with Gasteiger partial charge >= 0.3 is 11.9 Å². The normalized spacial score (nSPS) is 16.3. The van der Waals surface area contributed by atoms with Gasteiger partial charge in [-0.25, -0.2) is 4.79 Å². The number of ether oxygens (including phenoxy) is 1. The summed E-state index contributed by atoms with van der Waals surface area (Å²) in [5, 5.41) is 0. The number of rotatable bonds is 2. The molecule has 1 fully saturated rings. The molecule has 1 heterocycles. The van der Waals surface area contributed by atoms with E-state index in [-0.39, 0.29) is 5.91 Å². The number of likely N-dealkylation sites (N-methyl/N-ethyl adjacent to an activating group) is 2. The Kier molecular flexibility index (Phi) is 5.08. The van der Waals surface area contributed by atoms with Crippen LogP contribution in [-0.4, -0.2) is 86.4 Å². The summed E-state index contributed by atoms with van der Waals surface area (Å²) in [6.07, 6.45) is 0. The summed E-state index contributed by atoms with van der Waals surface area (Å²) < 4.78 is 4.67. The predicted molar refractivity (Wildman–Crippen MR) is 63.7 cm³/mol. The minimum absolute atomic E-state index is 0.352. The maximum absolute atomic E-state index is 11.7. The molecule has 0 bridgehead atoms. The molecule has 0 atom stereocenters. The molecule has 0 aromatic carbocycles. The lowest BCUT2D eigenvalue weighted by Crippen LogP contribution is -2.49. The monoisotopic (exact) mass is 257 g/mol. The van der Waals surface area contributed by atoms with Gasteiger partial charge in [0, 0.05) is 40.3 Å². The average Bonchev–Trinajstić information content (AvgIpc) is 2.35. The van der Waals surface area contributed by atoms with Crippen LogP contribution in [-0.2, 0) is 19.1 Å². The Bertz CT molecular complexity index is 335. The van der Waals surface area contributed by atoms with E-state index in [0.717, 1.165) is 13.1 Å². The minimum Gasteiger partial charge on any atom is -0.448 e. The van der Waals surface area contributed by atoms with E-state index in [9.17, 15) is 14.4 Å². The number of piperazine rings is 1. The van der Waals surface area contributed by atoms with Crippen molar-refractivity contribution in [2.45, 2.75) is 0 Å². The molecule has 0 spiro atoms. The summed E-state index contributed by atoms with van der Waals surface area (Å²) in [6, 6.07) is 0. The Morgan fingerprint density at radius 3 is 2.17 bits per heavy atom. The lowest BCUT2D eigenvalue weighted by molar-refractivity contribution is -0.163. The molecule has 0 aliphatic carbocycles. The molecule has 18 heavy (non-hydrogen) atoms. The highest BCUT2D eigenvalue weighted by Gasteiger charge is 2.26. The molecule has 7 nitrogen and oxygen atoms in total. The van der Waals surface area contributed by atoms with Gasteiger partial charge in [0.2, 0.25) is 0 Å². The fraction of sp³-hybridized carbons (Fsp3) is 0.727. The highest BCUT2D eigenvalue weighted by molar-refractivity contribution is 6.32. The van der Waals surface area contributed by atoms with Crippen LogP contribution in [0.15, 0.2) is 0 Å². The number of amides is 2. The third-order valence-corrected chi connectivity index (χ3v) is 2.79. The summed E-state index contributed by atoms with van der Waals surface area (Å²) in [5.74, 6) is -1.99. The summed E-state index contributed by atoms with van der Waals surface area (Å²) in [6.45, 7) is 2.08. The molecular formula is C11H19N3O4. The lowest BCUT2D eigenvalue weighted by atomic mass is 10.3. The Morgan fingerprint density at radius 1 is 1.11 bits per heavy atom. The highest BCUT2D eigenvalue weighted by Crippen LogP contribution is 2.00. The molecule has 1 saturated heterocycles. The molecule has 1 aliphatic rings. The van der Waals surface area contributed by atoms with Crippen molar-refractivity contribution in [1.29, 1.82) is 0 Å². The molecular weight excluding hydrogens is 238 g/mol. The molecule has 102 valence electrons. The van der Waals surface area contributed by atoms with Crippen LogP contribution in [0.4, 0.5) is 0 Å². The van der Waals surface area contributed by atoms with Crippen LogP contribution in [0.2, 0.25) is 0 Å². The van der Waals surface area contributed by atoms with Crippen molar-refractivity contribution in [2.75, 3.05) is 53.9 Å². The quantitative estimate of drug-likeness (QED) is 0.440. The standard InChI is InChI=1S/C11H19N3O4/c1-12(2)9(15)8-18-11(17)10(16)14-6-4-13(3)5-7-14/h4-8H2,1-3H3. The van der Waals surface area contributed by atoms with Crippen LogP contribution in [0.1, 0.15) is 0 Å². The van der Waals surface area contributed by atoms with E-state index in [4.69, 9.17) is 0 Å². The summed E-state index contributed by atoms with van der Waals surface area (Å²) in [5.41, 5.74) is 0. The molecule has 0 radical (unpaired) electrons. The second kappa shape index (κ2) is 6.34. The van der Waals surface area contributed by atoms with Crippen LogP contribution in [0, 0.1) is 0 Å². The first kappa shape index (κ1) is 14.4. The van der Waals surface area contributed by atoms with Crippen LogP contribution in [0.5, 0.6) is 0 Å². The summed E-state index contributed by atoms with van der Waals surface area (Å²) in [4.78, 5) is 39.2. The molecule has 1 aliphatic heterocycles. The zero-order valence-corrected chi connectivity index (χ0v) is 11.0. The summed E-state index contributed by atoms with van der Waals surface area (Å²) in [7, 11) is 5.06. The SMILES string of the molecule is CN1CCN(C(=O)C(=O)OCC(=O)N(C)C)CC1. The van der Waals surface area contributed by atoms with Gasteiger partial charge in [-0.15, -0.1) is 0 Å². The van der Waals surface area contributed by atoms with Gasteiger partial charge < -0.3 is 19.4 Å². The number of carbonyl (C=O) groups is 3. The van der Waals surface area contributed by atoms with Gasteiger partial charge in [0.15, 0.2) is 6.61 Å². The van der Waals surface area contributed by atoms with E-state index in [2.05, 4.69) is 9.64 Å². The van der Waals surface area contributed by atoms with Gasteiger partial charge in [-0.2, -0.15) is 0 Å². The Morgan fingerprint density at radius 2 is 1.67 bits per heavy atom. The molecule has 1 rings (SSSR count). The molecule has 0 aromatic heterocycles. The summed E-state index contributed by atoms with van der Waals surface area (Å²) >= 11 is 0.